The summed E-state index contributed by atoms with van der Waals surface area (Å²) in [6.07, 6.45) is 1.21. The first-order chi connectivity index (χ1) is 11.2. The minimum Gasteiger partial charge on any atom is -0.357 e. The number of piperazine rings is 1. The van der Waals surface area contributed by atoms with Crippen molar-refractivity contribution in [1.29, 1.82) is 0 Å². The number of carbonyl (C=O) groups is 1. The van der Waals surface area contributed by atoms with Crippen molar-refractivity contribution in [2.45, 2.75) is 52.6 Å². The molecule has 2 heterocycles. The van der Waals surface area contributed by atoms with Gasteiger partial charge in [0.2, 0.25) is 5.91 Å². The molecule has 6 heteroatoms. The number of nitrogens with zero attached hydrogens (tertiary/aromatic N) is 4. The molecule has 138 valence electrons. The van der Waals surface area contributed by atoms with Gasteiger partial charge in [-0.05, 0) is 60.5 Å². The Kier molecular flexibility index (Phi) is 6.12. The van der Waals surface area contributed by atoms with Crippen LogP contribution in [0.3, 0.4) is 0 Å². The van der Waals surface area contributed by atoms with Gasteiger partial charge in [-0.25, -0.2) is 0 Å². The summed E-state index contributed by atoms with van der Waals surface area (Å²) in [5, 5.41) is 3.38. The third-order valence-electron chi connectivity index (χ3n) is 4.96. The molecule has 2 aliphatic rings. The average Bonchev–Trinajstić information content (AvgIpc) is 2.86. The molecule has 0 spiro atoms. The predicted molar refractivity (Wildman–Crippen MR) is 99.2 cm³/mol. The van der Waals surface area contributed by atoms with Crippen molar-refractivity contribution in [1.82, 2.24) is 20.0 Å². The van der Waals surface area contributed by atoms with Crippen LogP contribution in [0.15, 0.2) is 4.99 Å². The maximum absolute atomic E-state index is 12.7. The maximum Gasteiger partial charge on any atom is 0.242 e. The smallest absolute Gasteiger partial charge is 0.242 e. The molecule has 2 rings (SSSR count). The van der Waals surface area contributed by atoms with Crippen molar-refractivity contribution in [3.05, 3.63) is 0 Å². The summed E-state index contributed by atoms with van der Waals surface area (Å²) in [7, 11) is 2.17. The summed E-state index contributed by atoms with van der Waals surface area (Å²) in [5.74, 6) is 1.70. The standard InChI is InChI=1S/C18H35N5O/c1-7-19-17(20-10-15-8-9-21(6)11-15)22-12-16(24)23(14(2)3)18(4,5)13-22/h14-15H,7-13H2,1-6H3,(H,19,20). The van der Waals surface area contributed by atoms with E-state index in [1.165, 1.54) is 6.42 Å². The van der Waals surface area contributed by atoms with E-state index < -0.39 is 0 Å². The highest BCUT2D eigenvalue weighted by atomic mass is 16.2. The van der Waals surface area contributed by atoms with Crippen LogP contribution in [0.25, 0.3) is 0 Å². The van der Waals surface area contributed by atoms with Gasteiger partial charge in [-0.1, -0.05) is 0 Å². The number of rotatable bonds is 4. The number of hydrogen-bond donors (Lipinski definition) is 1. The van der Waals surface area contributed by atoms with E-state index in [9.17, 15) is 4.79 Å². The van der Waals surface area contributed by atoms with Gasteiger partial charge in [0, 0.05) is 32.2 Å². The van der Waals surface area contributed by atoms with Crippen LogP contribution in [0.2, 0.25) is 0 Å². The molecular formula is C18H35N5O. The summed E-state index contributed by atoms with van der Waals surface area (Å²) in [6.45, 7) is 15.7. The van der Waals surface area contributed by atoms with Gasteiger partial charge in [0.1, 0.15) is 0 Å². The van der Waals surface area contributed by atoms with E-state index in [0.29, 0.717) is 12.5 Å². The topological polar surface area (TPSA) is 51.2 Å². The number of likely N-dealkylation sites (tertiary alicyclic amines) is 1. The van der Waals surface area contributed by atoms with E-state index >= 15 is 0 Å². The van der Waals surface area contributed by atoms with Crippen LogP contribution < -0.4 is 5.32 Å². The van der Waals surface area contributed by atoms with Crippen LogP contribution in [0.1, 0.15) is 41.0 Å². The zero-order valence-electron chi connectivity index (χ0n) is 16.3. The highest BCUT2D eigenvalue weighted by Crippen LogP contribution is 2.24. The van der Waals surface area contributed by atoms with Gasteiger partial charge in [-0.2, -0.15) is 0 Å². The van der Waals surface area contributed by atoms with E-state index in [0.717, 1.165) is 38.7 Å². The minimum absolute atomic E-state index is 0.187. The molecule has 0 aliphatic carbocycles. The first-order valence-electron chi connectivity index (χ1n) is 9.28. The lowest BCUT2D eigenvalue weighted by molar-refractivity contribution is -0.145. The molecule has 24 heavy (non-hydrogen) atoms. The van der Waals surface area contributed by atoms with E-state index in [1.54, 1.807) is 0 Å². The van der Waals surface area contributed by atoms with Crippen LogP contribution >= 0.6 is 0 Å². The molecule has 0 saturated carbocycles. The highest BCUT2D eigenvalue weighted by Gasteiger charge is 2.40. The molecule has 0 radical (unpaired) electrons. The van der Waals surface area contributed by atoms with Gasteiger partial charge in [0.05, 0.1) is 12.1 Å². The number of guanidine groups is 1. The molecule has 1 unspecified atom stereocenters. The third-order valence-corrected chi connectivity index (χ3v) is 4.96. The first kappa shape index (κ1) is 19.0. The van der Waals surface area contributed by atoms with Gasteiger partial charge in [0.25, 0.3) is 0 Å². The van der Waals surface area contributed by atoms with Crippen LogP contribution in [-0.2, 0) is 4.79 Å². The fraction of sp³-hybridized carbons (Fsp3) is 0.889. The number of nitrogens with one attached hydrogen (secondary N) is 1. The Hall–Kier alpha value is -1.30. The lowest BCUT2D eigenvalue weighted by atomic mass is 9.96. The number of aliphatic imine (C=N–C) groups is 1. The molecule has 2 aliphatic heterocycles. The number of hydrogen-bond acceptors (Lipinski definition) is 3. The van der Waals surface area contributed by atoms with E-state index in [1.807, 2.05) is 4.90 Å². The zero-order valence-corrected chi connectivity index (χ0v) is 16.3. The SMILES string of the molecule is CCNC(=NCC1CCN(C)C1)N1CC(=O)N(C(C)C)C(C)(C)C1. The Bertz CT molecular complexity index is 474. The van der Waals surface area contributed by atoms with Crippen molar-refractivity contribution in [2.24, 2.45) is 10.9 Å². The largest absolute Gasteiger partial charge is 0.357 e. The molecule has 0 aromatic carbocycles. The lowest BCUT2D eigenvalue weighted by Gasteiger charge is -2.49. The lowest BCUT2D eigenvalue weighted by Crippen LogP contribution is -2.66. The molecule has 6 nitrogen and oxygen atoms in total. The quantitative estimate of drug-likeness (QED) is 0.619. The molecular weight excluding hydrogens is 302 g/mol. The molecule has 1 N–H and O–H groups in total. The Labute approximate surface area is 147 Å². The summed E-state index contributed by atoms with van der Waals surface area (Å²) in [5.41, 5.74) is -0.187. The second-order valence-corrected chi connectivity index (χ2v) is 8.14. The number of carbonyl (C=O) groups excluding carboxylic acids is 1. The normalized spacial score (nSPS) is 25.7. The van der Waals surface area contributed by atoms with Crippen molar-refractivity contribution in [3.63, 3.8) is 0 Å². The van der Waals surface area contributed by atoms with E-state index in [-0.39, 0.29) is 17.5 Å². The molecule has 0 aromatic heterocycles. The Morgan fingerprint density at radius 1 is 1.42 bits per heavy atom. The fourth-order valence-electron chi connectivity index (χ4n) is 4.13. The van der Waals surface area contributed by atoms with Crippen molar-refractivity contribution >= 4 is 11.9 Å². The molecule has 0 aromatic rings. The van der Waals surface area contributed by atoms with Gasteiger partial charge < -0.3 is 20.0 Å². The Morgan fingerprint density at radius 2 is 2.12 bits per heavy atom. The molecule has 1 amide bonds. The summed E-state index contributed by atoms with van der Waals surface area (Å²) in [4.78, 5) is 24.0. The first-order valence-corrected chi connectivity index (χ1v) is 9.28. The number of amides is 1. The van der Waals surface area contributed by atoms with Crippen LogP contribution in [-0.4, -0.2) is 84.5 Å². The summed E-state index contributed by atoms with van der Waals surface area (Å²) >= 11 is 0. The average molecular weight is 338 g/mol. The third kappa shape index (κ3) is 4.41. The van der Waals surface area contributed by atoms with Gasteiger partial charge >= 0.3 is 0 Å². The maximum atomic E-state index is 12.7. The summed E-state index contributed by atoms with van der Waals surface area (Å²) < 4.78 is 0. The van der Waals surface area contributed by atoms with Crippen LogP contribution in [0.5, 0.6) is 0 Å². The Balaban J connectivity index is 2.09. The molecule has 2 saturated heterocycles. The van der Waals surface area contributed by atoms with E-state index in [2.05, 4.69) is 56.8 Å². The van der Waals surface area contributed by atoms with Gasteiger partial charge in [-0.3, -0.25) is 9.79 Å². The second kappa shape index (κ2) is 7.72. The van der Waals surface area contributed by atoms with Gasteiger partial charge in [0.15, 0.2) is 5.96 Å². The second-order valence-electron chi connectivity index (χ2n) is 8.14. The molecule has 2 fully saturated rings. The predicted octanol–water partition coefficient (Wildman–Crippen LogP) is 1.23. The molecule has 0 bridgehead atoms. The molecule has 1 atom stereocenters. The fourth-order valence-corrected chi connectivity index (χ4v) is 4.13. The minimum atomic E-state index is -0.187. The van der Waals surface area contributed by atoms with Crippen molar-refractivity contribution in [2.75, 3.05) is 46.3 Å². The van der Waals surface area contributed by atoms with Crippen LogP contribution in [0, 0.1) is 5.92 Å². The zero-order chi connectivity index (χ0) is 17.9. The van der Waals surface area contributed by atoms with E-state index in [4.69, 9.17) is 4.99 Å². The monoisotopic (exact) mass is 337 g/mol. The summed E-state index contributed by atoms with van der Waals surface area (Å²) in [6, 6.07) is 0.225. The Morgan fingerprint density at radius 3 is 2.62 bits per heavy atom. The van der Waals surface area contributed by atoms with Crippen molar-refractivity contribution in [3.8, 4) is 0 Å². The highest BCUT2D eigenvalue weighted by molar-refractivity contribution is 5.88. The van der Waals surface area contributed by atoms with Crippen molar-refractivity contribution < 1.29 is 4.79 Å². The van der Waals surface area contributed by atoms with Crippen LogP contribution in [0.4, 0.5) is 0 Å². The van der Waals surface area contributed by atoms with Gasteiger partial charge in [-0.15, -0.1) is 0 Å².